The van der Waals surface area contributed by atoms with Crippen LogP contribution in [0.5, 0.6) is 0 Å². The Morgan fingerprint density at radius 1 is 1.00 bits per heavy atom. The molecule has 14 heavy (non-hydrogen) atoms. The first kappa shape index (κ1) is 9.44. The molecule has 0 atom stereocenters. The Balaban J connectivity index is 2.51. The molecule has 70 valence electrons. The van der Waals surface area contributed by atoms with Crippen molar-refractivity contribution in [3.8, 4) is 11.3 Å². The van der Waals surface area contributed by atoms with Gasteiger partial charge in [-0.25, -0.2) is 0 Å². The van der Waals surface area contributed by atoms with Crippen molar-refractivity contribution in [3.05, 3.63) is 48.7 Å². The number of hydrogen-bond acceptors (Lipinski definition) is 1. The molecule has 2 rings (SSSR count). The molecule has 0 spiro atoms. The predicted octanol–water partition coefficient (Wildman–Crippen LogP) is 2.13. The molecule has 0 fully saturated rings. The molecule has 2 heteroatoms. The number of aromatic nitrogens is 1. The first-order valence-corrected chi connectivity index (χ1v) is 7.03. The molecule has 1 heterocycles. The average molecular weight is 248 g/mol. The number of hydrogen-bond donors (Lipinski definition) is 0. The van der Waals surface area contributed by atoms with Gasteiger partial charge in [0.15, 0.2) is 0 Å². The van der Waals surface area contributed by atoms with E-state index in [0.29, 0.717) is 15.0 Å². The minimum absolute atomic E-state index is 0.522. The fourth-order valence-corrected chi connectivity index (χ4v) is 2.65. The molecule has 0 saturated carbocycles. The standard InChI is InChI=1S/C12H11NSe/c1-14-12-8-3-2-6-10(12)11-7-4-5-9-13-11/h2-9H,1H3. The van der Waals surface area contributed by atoms with Gasteiger partial charge in [-0.3, -0.25) is 0 Å². The fraction of sp³-hybridized carbons (Fsp3) is 0.0833. The fourth-order valence-electron chi connectivity index (χ4n) is 1.38. The summed E-state index contributed by atoms with van der Waals surface area (Å²) < 4.78 is 1.42. The second-order valence-electron chi connectivity index (χ2n) is 2.92. The summed E-state index contributed by atoms with van der Waals surface area (Å²) in [6.45, 7) is 0. The van der Waals surface area contributed by atoms with E-state index in [-0.39, 0.29) is 0 Å². The first-order chi connectivity index (χ1) is 6.92. The summed E-state index contributed by atoms with van der Waals surface area (Å²) in [5, 5.41) is 0. The molecule has 0 N–H and O–H groups in total. The molecule has 1 nitrogen and oxygen atoms in total. The Morgan fingerprint density at radius 3 is 2.50 bits per heavy atom. The number of rotatable bonds is 2. The maximum atomic E-state index is 4.37. The van der Waals surface area contributed by atoms with E-state index in [1.807, 2.05) is 18.3 Å². The van der Waals surface area contributed by atoms with Crippen molar-refractivity contribution < 1.29 is 0 Å². The van der Waals surface area contributed by atoms with Gasteiger partial charge in [-0.15, -0.1) is 0 Å². The van der Waals surface area contributed by atoms with Crippen molar-refractivity contribution in [2.45, 2.75) is 5.82 Å². The van der Waals surface area contributed by atoms with Crippen LogP contribution >= 0.6 is 0 Å². The van der Waals surface area contributed by atoms with Crippen molar-refractivity contribution in [2.24, 2.45) is 0 Å². The average Bonchev–Trinajstić information content (AvgIpc) is 2.30. The first-order valence-electron chi connectivity index (χ1n) is 4.46. The van der Waals surface area contributed by atoms with Gasteiger partial charge in [0.2, 0.25) is 0 Å². The zero-order chi connectivity index (χ0) is 9.80. The van der Waals surface area contributed by atoms with Crippen LogP contribution in [-0.4, -0.2) is 19.9 Å². The van der Waals surface area contributed by atoms with Crippen molar-refractivity contribution in [3.63, 3.8) is 0 Å². The summed E-state index contributed by atoms with van der Waals surface area (Å²) in [6, 6.07) is 14.5. The van der Waals surface area contributed by atoms with Gasteiger partial charge in [0, 0.05) is 0 Å². The summed E-state index contributed by atoms with van der Waals surface area (Å²) in [5.41, 5.74) is 2.35. The summed E-state index contributed by atoms with van der Waals surface area (Å²) in [4.78, 5) is 4.37. The third-order valence-corrected chi connectivity index (χ3v) is 3.72. The molecule has 0 bridgehead atoms. The molecule has 1 aromatic heterocycles. The van der Waals surface area contributed by atoms with E-state index < -0.39 is 0 Å². The Morgan fingerprint density at radius 2 is 1.79 bits per heavy atom. The molecule has 2 aromatic rings. The topological polar surface area (TPSA) is 12.9 Å². The van der Waals surface area contributed by atoms with Gasteiger partial charge < -0.3 is 0 Å². The van der Waals surface area contributed by atoms with Gasteiger partial charge in [-0.2, -0.15) is 0 Å². The Hall–Kier alpha value is -1.11. The van der Waals surface area contributed by atoms with Crippen LogP contribution in [0.4, 0.5) is 0 Å². The Labute approximate surface area is 90.4 Å². The summed E-state index contributed by atoms with van der Waals surface area (Å²) in [7, 11) is 0. The Kier molecular flexibility index (Phi) is 2.97. The summed E-state index contributed by atoms with van der Waals surface area (Å²) in [5.74, 6) is 2.23. The SMILES string of the molecule is C[Se]c1ccccc1-c1ccccn1. The summed E-state index contributed by atoms with van der Waals surface area (Å²) >= 11 is 0.522. The van der Waals surface area contributed by atoms with Crippen LogP contribution in [0.3, 0.4) is 0 Å². The van der Waals surface area contributed by atoms with Crippen molar-refractivity contribution in [1.82, 2.24) is 4.98 Å². The monoisotopic (exact) mass is 249 g/mol. The van der Waals surface area contributed by atoms with E-state index in [1.165, 1.54) is 10.0 Å². The normalized spacial score (nSPS) is 10.1. The van der Waals surface area contributed by atoms with E-state index in [9.17, 15) is 0 Å². The quantitative estimate of drug-likeness (QED) is 0.742. The van der Waals surface area contributed by atoms with Crippen LogP contribution in [0.1, 0.15) is 0 Å². The molecular formula is C12H11NSe. The maximum absolute atomic E-state index is 4.37. The van der Waals surface area contributed by atoms with Crippen LogP contribution in [0.15, 0.2) is 48.7 Å². The number of pyridine rings is 1. The number of nitrogens with zero attached hydrogens (tertiary/aromatic N) is 1. The van der Waals surface area contributed by atoms with Crippen LogP contribution in [0.25, 0.3) is 11.3 Å². The molecule has 0 aliphatic rings. The molecule has 1 aromatic carbocycles. The second-order valence-corrected chi connectivity index (χ2v) is 4.69. The van der Waals surface area contributed by atoms with Gasteiger partial charge in [-0.05, 0) is 0 Å². The zero-order valence-corrected chi connectivity index (χ0v) is 9.69. The minimum atomic E-state index is 0.522. The molecule has 0 aliphatic heterocycles. The van der Waals surface area contributed by atoms with Crippen molar-refractivity contribution in [1.29, 1.82) is 0 Å². The van der Waals surface area contributed by atoms with E-state index >= 15 is 0 Å². The second kappa shape index (κ2) is 4.41. The molecule has 0 saturated heterocycles. The van der Waals surface area contributed by atoms with Crippen molar-refractivity contribution >= 4 is 19.4 Å². The summed E-state index contributed by atoms with van der Waals surface area (Å²) in [6.07, 6.45) is 1.84. The van der Waals surface area contributed by atoms with Crippen LogP contribution in [0, 0.1) is 0 Å². The van der Waals surface area contributed by atoms with Gasteiger partial charge in [0.05, 0.1) is 0 Å². The van der Waals surface area contributed by atoms with E-state index in [2.05, 4.69) is 41.1 Å². The van der Waals surface area contributed by atoms with Crippen LogP contribution in [0.2, 0.25) is 5.82 Å². The van der Waals surface area contributed by atoms with Crippen LogP contribution in [-0.2, 0) is 0 Å². The molecule has 0 aliphatic carbocycles. The van der Waals surface area contributed by atoms with Gasteiger partial charge in [0.25, 0.3) is 0 Å². The molecule has 0 unspecified atom stereocenters. The van der Waals surface area contributed by atoms with Gasteiger partial charge >= 0.3 is 90.1 Å². The molecular weight excluding hydrogens is 237 g/mol. The zero-order valence-electron chi connectivity index (χ0n) is 7.97. The van der Waals surface area contributed by atoms with E-state index in [0.717, 1.165) is 5.69 Å². The predicted molar refractivity (Wildman–Crippen MR) is 60.9 cm³/mol. The van der Waals surface area contributed by atoms with E-state index in [4.69, 9.17) is 0 Å². The third-order valence-electron chi connectivity index (χ3n) is 2.05. The van der Waals surface area contributed by atoms with Crippen molar-refractivity contribution in [2.75, 3.05) is 0 Å². The van der Waals surface area contributed by atoms with Gasteiger partial charge in [-0.1, -0.05) is 0 Å². The molecule has 0 radical (unpaired) electrons. The van der Waals surface area contributed by atoms with E-state index in [1.54, 1.807) is 0 Å². The number of benzene rings is 1. The van der Waals surface area contributed by atoms with Crippen LogP contribution < -0.4 is 4.46 Å². The van der Waals surface area contributed by atoms with Gasteiger partial charge in [0.1, 0.15) is 0 Å². The Bertz CT molecular complexity index is 412. The molecule has 0 amide bonds. The third kappa shape index (κ3) is 1.87.